The fourth-order valence-electron chi connectivity index (χ4n) is 2.91. The monoisotopic (exact) mass is 285 g/mol. The van der Waals surface area contributed by atoms with Gasteiger partial charge in [-0.1, -0.05) is 0 Å². The van der Waals surface area contributed by atoms with Gasteiger partial charge in [-0.25, -0.2) is 14.4 Å². The molecule has 21 heavy (non-hydrogen) atoms. The molecular formula is C15H16FN5. The Morgan fingerprint density at radius 2 is 1.95 bits per heavy atom. The Balaban J connectivity index is 1.88. The maximum absolute atomic E-state index is 13.5. The molecule has 0 saturated carbocycles. The number of nitrogens with zero attached hydrogens (tertiary/aromatic N) is 4. The van der Waals surface area contributed by atoms with Crippen LogP contribution in [0.1, 0.15) is 0 Å². The molecule has 0 bridgehead atoms. The highest BCUT2D eigenvalue weighted by Crippen LogP contribution is 2.29. The van der Waals surface area contributed by atoms with Crippen LogP contribution < -0.4 is 4.90 Å². The molecule has 6 heteroatoms. The molecule has 4 rings (SSSR count). The number of hydrogen-bond donors (Lipinski definition) is 1. The minimum atomic E-state index is -0.247. The molecule has 1 saturated heterocycles. The van der Waals surface area contributed by atoms with Crippen LogP contribution in [-0.2, 0) is 0 Å². The summed E-state index contributed by atoms with van der Waals surface area (Å²) in [5.41, 5.74) is 2.57. The lowest BCUT2D eigenvalue weighted by molar-refractivity contribution is 0.312. The summed E-state index contributed by atoms with van der Waals surface area (Å²) in [6.45, 7) is 3.90. The van der Waals surface area contributed by atoms with E-state index in [1.807, 2.05) is 0 Å². The normalized spacial score (nSPS) is 17.0. The number of aromatic nitrogens is 3. The van der Waals surface area contributed by atoms with Gasteiger partial charge in [-0.2, -0.15) is 0 Å². The van der Waals surface area contributed by atoms with Crippen LogP contribution in [0.15, 0.2) is 24.5 Å². The number of hydrogen-bond acceptors (Lipinski definition) is 4. The number of benzene rings is 1. The summed E-state index contributed by atoms with van der Waals surface area (Å²) >= 11 is 0. The smallest absolute Gasteiger partial charge is 0.156 e. The fraction of sp³-hybridized carbons (Fsp3) is 0.333. The topological polar surface area (TPSA) is 48.1 Å². The maximum Gasteiger partial charge on any atom is 0.156 e. The molecule has 2 aromatic heterocycles. The minimum Gasteiger partial charge on any atom is -0.352 e. The van der Waals surface area contributed by atoms with Crippen molar-refractivity contribution in [3.05, 3.63) is 30.3 Å². The summed E-state index contributed by atoms with van der Waals surface area (Å²) in [4.78, 5) is 16.7. The Morgan fingerprint density at radius 3 is 2.76 bits per heavy atom. The highest BCUT2D eigenvalue weighted by Gasteiger charge is 2.19. The van der Waals surface area contributed by atoms with E-state index >= 15 is 0 Å². The summed E-state index contributed by atoms with van der Waals surface area (Å²) < 4.78 is 13.5. The average Bonchev–Trinajstić information content (AvgIpc) is 2.86. The predicted octanol–water partition coefficient (Wildman–Crippen LogP) is 2.00. The summed E-state index contributed by atoms with van der Waals surface area (Å²) in [7, 11) is 2.12. The fourth-order valence-corrected chi connectivity index (χ4v) is 2.91. The number of fused-ring (bicyclic) bond motifs is 3. The number of nitrogens with one attached hydrogen (secondary N) is 1. The first kappa shape index (κ1) is 12.5. The number of piperazine rings is 1. The van der Waals surface area contributed by atoms with Crippen LogP contribution in [0.2, 0.25) is 0 Å². The van der Waals surface area contributed by atoms with Crippen molar-refractivity contribution in [2.24, 2.45) is 0 Å². The number of halogens is 1. The molecule has 0 aliphatic carbocycles. The summed E-state index contributed by atoms with van der Waals surface area (Å²) in [6.07, 6.45) is 1.56. The maximum atomic E-state index is 13.5. The van der Waals surface area contributed by atoms with Crippen molar-refractivity contribution >= 4 is 27.8 Å². The van der Waals surface area contributed by atoms with Crippen LogP contribution in [0.5, 0.6) is 0 Å². The molecule has 5 nitrogen and oxygen atoms in total. The molecule has 1 aliphatic rings. The van der Waals surface area contributed by atoms with E-state index < -0.39 is 0 Å². The van der Waals surface area contributed by atoms with Crippen LogP contribution in [0.4, 0.5) is 10.2 Å². The lowest BCUT2D eigenvalue weighted by Gasteiger charge is -2.33. The minimum absolute atomic E-state index is 0.247. The quantitative estimate of drug-likeness (QED) is 0.743. The van der Waals surface area contributed by atoms with Crippen molar-refractivity contribution in [2.45, 2.75) is 0 Å². The van der Waals surface area contributed by atoms with E-state index in [4.69, 9.17) is 0 Å². The third-order valence-electron chi connectivity index (χ3n) is 4.13. The predicted molar refractivity (Wildman–Crippen MR) is 81.1 cm³/mol. The molecule has 1 N–H and O–H groups in total. The van der Waals surface area contributed by atoms with Crippen LogP contribution in [0, 0.1) is 5.82 Å². The van der Waals surface area contributed by atoms with Crippen molar-refractivity contribution in [2.75, 3.05) is 38.1 Å². The van der Waals surface area contributed by atoms with E-state index in [1.54, 1.807) is 12.4 Å². The molecule has 3 aromatic rings. The molecule has 0 amide bonds. The summed E-state index contributed by atoms with van der Waals surface area (Å²) in [6, 6.07) is 4.73. The highest BCUT2D eigenvalue weighted by molar-refractivity contribution is 6.08. The molecule has 108 valence electrons. The Morgan fingerprint density at radius 1 is 1.14 bits per heavy atom. The van der Waals surface area contributed by atoms with Gasteiger partial charge in [0.15, 0.2) is 5.82 Å². The Bertz CT molecular complexity index is 804. The molecule has 0 unspecified atom stereocenters. The first-order valence-corrected chi connectivity index (χ1v) is 7.08. The first-order valence-electron chi connectivity index (χ1n) is 7.08. The second-order valence-electron chi connectivity index (χ2n) is 5.53. The number of aromatic amines is 1. The van der Waals surface area contributed by atoms with Crippen molar-refractivity contribution < 1.29 is 4.39 Å². The number of anilines is 1. The SMILES string of the molecule is CN1CCN(c2ncnc3c2[nH]c2ccc(F)cc23)CC1. The number of H-pyrrole nitrogens is 1. The van der Waals surface area contributed by atoms with Crippen LogP contribution in [-0.4, -0.2) is 53.1 Å². The van der Waals surface area contributed by atoms with Crippen molar-refractivity contribution in [3.63, 3.8) is 0 Å². The molecule has 3 heterocycles. The lowest BCUT2D eigenvalue weighted by Crippen LogP contribution is -2.44. The lowest BCUT2D eigenvalue weighted by atomic mass is 10.2. The van der Waals surface area contributed by atoms with Crippen LogP contribution in [0.3, 0.4) is 0 Å². The van der Waals surface area contributed by atoms with Gasteiger partial charge in [0, 0.05) is 37.1 Å². The molecule has 1 aliphatic heterocycles. The summed E-state index contributed by atoms with van der Waals surface area (Å²) in [5, 5.41) is 0.808. The zero-order chi connectivity index (χ0) is 14.4. The Labute approximate surface area is 121 Å². The molecule has 1 fully saturated rings. The van der Waals surface area contributed by atoms with Gasteiger partial charge >= 0.3 is 0 Å². The Kier molecular flexibility index (Phi) is 2.78. The van der Waals surface area contributed by atoms with Gasteiger partial charge in [0.05, 0.1) is 0 Å². The first-order chi connectivity index (χ1) is 10.2. The van der Waals surface area contributed by atoms with E-state index in [2.05, 4.69) is 31.8 Å². The van der Waals surface area contributed by atoms with E-state index in [1.165, 1.54) is 12.1 Å². The molecule has 0 spiro atoms. The third-order valence-corrected chi connectivity index (χ3v) is 4.13. The standard InChI is InChI=1S/C15H16FN5/c1-20-4-6-21(7-5-20)15-14-13(17-9-18-15)11-8-10(16)2-3-12(11)19-14/h2-3,8-9,19H,4-7H2,1H3. The van der Waals surface area contributed by atoms with Gasteiger partial charge in [0.25, 0.3) is 0 Å². The van der Waals surface area contributed by atoms with Gasteiger partial charge in [0.1, 0.15) is 23.2 Å². The third kappa shape index (κ3) is 2.03. The molecule has 0 radical (unpaired) electrons. The van der Waals surface area contributed by atoms with Crippen molar-refractivity contribution in [1.29, 1.82) is 0 Å². The van der Waals surface area contributed by atoms with Gasteiger partial charge in [-0.3, -0.25) is 0 Å². The van der Waals surface area contributed by atoms with E-state index in [9.17, 15) is 4.39 Å². The van der Waals surface area contributed by atoms with E-state index in [-0.39, 0.29) is 5.82 Å². The summed E-state index contributed by atoms with van der Waals surface area (Å²) in [5.74, 6) is 0.660. The average molecular weight is 285 g/mol. The van der Waals surface area contributed by atoms with Gasteiger partial charge in [-0.05, 0) is 25.2 Å². The zero-order valence-corrected chi connectivity index (χ0v) is 11.8. The van der Waals surface area contributed by atoms with Gasteiger partial charge in [-0.15, -0.1) is 0 Å². The number of likely N-dealkylation sites (N-methyl/N-ethyl adjacent to an activating group) is 1. The van der Waals surface area contributed by atoms with Gasteiger partial charge < -0.3 is 14.8 Å². The second kappa shape index (κ2) is 4.66. The van der Waals surface area contributed by atoms with Gasteiger partial charge in [0.2, 0.25) is 0 Å². The Hall–Kier alpha value is -2.21. The van der Waals surface area contributed by atoms with Crippen LogP contribution >= 0.6 is 0 Å². The second-order valence-corrected chi connectivity index (χ2v) is 5.53. The van der Waals surface area contributed by atoms with Crippen LogP contribution in [0.25, 0.3) is 21.9 Å². The van der Waals surface area contributed by atoms with E-state index in [0.717, 1.165) is 53.9 Å². The van der Waals surface area contributed by atoms with Crippen molar-refractivity contribution in [1.82, 2.24) is 19.9 Å². The number of rotatable bonds is 1. The highest BCUT2D eigenvalue weighted by atomic mass is 19.1. The molecule has 0 atom stereocenters. The zero-order valence-electron chi connectivity index (χ0n) is 11.8. The largest absolute Gasteiger partial charge is 0.352 e. The van der Waals surface area contributed by atoms with E-state index in [0.29, 0.717) is 0 Å². The van der Waals surface area contributed by atoms with Crippen molar-refractivity contribution in [3.8, 4) is 0 Å². The molecule has 1 aromatic carbocycles. The molecular weight excluding hydrogens is 269 g/mol.